The number of aliphatic hydroxyl groups is 1. The number of ether oxygens (including phenoxy) is 2. The zero-order valence-electron chi connectivity index (χ0n) is 25.1. The van der Waals surface area contributed by atoms with E-state index in [1.54, 1.807) is 20.0 Å². The Balaban J connectivity index is 0.000000390. The van der Waals surface area contributed by atoms with Crippen LogP contribution in [0.1, 0.15) is 58.9 Å². The molecule has 2 fully saturated rings. The van der Waals surface area contributed by atoms with E-state index in [0.717, 1.165) is 54.3 Å². The van der Waals surface area contributed by atoms with Crippen LogP contribution in [0.2, 0.25) is 0 Å². The number of fused-ring (bicyclic) bond motifs is 3. The Hall–Kier alpha value is -3.40. The predicted octanol–water partition coefficient (Wildman–Crippen LogP) is 5.93. The van der Waals surface area contributed by atoms with Gasteiger partial charge in [-0.25, -0.2) is 4.39 Å². The standard InChI is InChI=1S/C27H28FN5O.C6H14O2/c1-2-17-7-3-8-18-9-4-10-19(21(17)18)23-22(28)24-20(15-30-23)25(29)32-26(31-24)34-16-27-11-5-13-33(27)14-6-12-27;1-4-8-5-6(2,3)7/h3-4,7-10,15H,2,5-6,11-14,16H2,1H3,(H2,29,31,32);7H,4-5H2,1-3H3. The number of benzene rings is 2. The average Bonchev–Trinajstić information content (AvgIpc) is 3.56. The maximum atomic E-state index is 16.0. The van der Waals surface area contributed by atoms with E-state index in [1.807, 2.05) is 37.3 Å². The van der Waals surface area contributed by atoms with Gasteiger partial charge in [-0.15, -0.1) is 0 Å². The quantitative estimate of drug-likeness (QED) is 0.266. The number of halogens is 1. The van der Waals surface area contributed by atoms with Crippen LogP contribution in [0.5, 0.6) is 6.01 Å². The van der Waals surface area contributed by atoms with Crippen molar-refractivity contribution in [1.29, 1.82) is 0 Å². The highest BCUT2D eigenvalue weighted by molar-refractivity contribution is 6.00. The SMILES string of the molecule is CCOCC(C)(C)O.CCc1cccc2cccc(-c3ncc4c(N)nc(OCC56CCCN5CCC6)nc4c3F)c12. The van der Waals surface area contributed by atoms with Gasteiger partial charge in [-0.3, -0.25) is 9.88 Å². The Morgan fingerprint density at radius 3 is 2.43 bits per heavy atom. The molecule has 8 nitrogen and oxygen atoms in total. The van der Waals surface area contributed by atoms with E-state index < -0.39 is 11.4 Å². The summed E-state index contributed by atoms with van der Waals surface area (Å²) in [5.41, 5.74) is 7.88. The summed E-state index contributed by atoms with van der Waals surface area (Å²) in [5, 5.41) is 11.5. The van der Waals surface area contributed by atoms with Crippen LogP contribution in [0.3, 0.4) is 0 Å². The number of pyridine rings is 1. The minimum Gasteiger partial charge on any atom is -0.461 e. The Morgan fingerprint density at radius 1 is 1.07 bits per heavy atom. The summed E-state index contributed by atoms with van der Waals surface area (Å²) in [6, 6.07) is 12.2. The van der Waals surface area contributed by atoms with Crippen molar-refractivity contribution in [2.75, 3.05) is 38.6 Å². The zero-order valence-corrected chi connectivity index (χ0v) is 25.1. The van der Waals surface area contributed by atoms with Crippen molar-refractivity contribution in [2.45, 2.75) is 70.9 Å². The van der Waals surface area contributed by atoms with Gasteiger partial charge in [0.05, 0.1) is 23.1 Å². The first kappa shape index (κ1) is 30.1. The molecule has 0 amide bonds. The van der Waals surface area contributed by atoms with E-state index in [9.17, 15) is 0 Å². The molecule has 2 aromatic carbocycles. The Morgan fingerprint density at radius 2 is 1.79 bits per heavy atom. The van der Waals surface area contributed by atoms with Crippen LogP contribution in [-0.4, -0.2) is 69.0 Å². The lowest BCUT2D eigenvalue weighted by atomic mass is 9.95. The molecule has 9 heteroatoms. The van der Waals surface area contributed by atoms with Crippen molar-refractivity contribution < 1.29 is 19.0 Å². The molecule has 0 radical (unpaired) electrons. The fourth-order valence-electron chi connectivity index (χ4n) is 6.23. The summed E-state index contributed by atoms with van der Waals surface area (Å²) in [5.74, 6) is -0.325. The molecule has 0 spiro atoms. The van der Waals surface area contributed by atoms with Crippen LogP contribution in [0.4, 0.5) is 10.2 Å². The smallest absolute Gasteiger partial charge is 0.319 e. The number of anilines is 1. The molecule has 2 aromatic heterocycles. The highest BCUT2D eigenvalue weighted by Crippen LogP contribution is 2.39. The van der Waals surface area contributed by atoms with Gasteiger partial charge in [0.25, 0.3) is 0 Å². The van der Waals surface area contributed by atoms with Gasteiger partial charge in [-0.1, -0.05) is 43.3 Å². The predicted molar refractivity (Wildman–Crippen MR) is 165 cm³/mol. The van der Waals surface area contributed by atoms with Crippen LogP contribution in [0.15, 0.2) is 42.6 Å². The Bertz CT molecular complexity index is 1540. The molecule has 4 heterocycles. The summed E-state index contributed by atoms with van der Waals surface area (Å²) in [7, 11) is 0. The van der Waals surface area contributed by atoms with E-state index in [2.05, 4.69) is 32.8 Å². The molecule has 2 saturated heterocycles. The van der Waals surface area contributed by atoms with Crippen LogP contribution in [0, 0.1) is 5.82 Å². The number of hydrogen-bond acceptors (Lipinski definition) is 8. The van der Waals surface area contributed by atoms with Gasteiger partial charge in [0.2, 0.25) is 0 Å². The van der Waals surface area contributed by atoms with Gasteiger partial charge in [0.1, 0.15) is 23.6 Å². The lowest BCUT2D eigenvalue weighted by Crippen LogP contribution is -2.43. The van der Waals surface area contributed by atoms with Crippen molar-refractivity contribution in [3.8, 4) is 17.3 Å². The van der Waals surface area contributed by atoms with Gasteiger partial charge < -0.3 is 20.3 Å². The van der Waals surface area contributed by atoms with Crippen LogP contribution in [-0.2, 0) is 11.2 Å². The Kier molecular flexibility index (Phi) is 8.92. The van der Waals surface area contributed by atoms with Gasteiger partial charge in [-0.05, 0) is 82.3 Å². The van der Waals surface area contributed by atoms with Crippen molar-refractivity contribution in [2.24, 2.45) is 0 Å². The maximum absolute atomic E-state index is 16.0. The van der Waals surface area contributed by atoms with E-state index in [1.165, 1.54) is 12.8 Å². The number of hydrogen-bond donors (Lipinski definition) is 2. The maximum Gasteiger partial charge on any atom is 0.319 e. The second kappa shape index (κ2) is 12.5. The molecule has 0 bridgehead atoms. The highest BCUT2D eigenvalue weighted by atomic mass is 19.1. The first-order chi connectivity index (χ1) is 20.2. The molecule has 3 N–H and O–H groups in total. The zero-order chi connectivity index (χ0) is 29.9. The van der Waals surface area contributed by atoms with Gasteiger partial charge in [-0.2, -0.15) is 9.97 Å². The summed E-state index contributed by atoms with van der Waals surface area (Å²) < 4.78 is 27.0. The van der Waals surface area contributed by atoms with E-state index in [0.29, 0.717) is 25.2 Å². The molecule has 6 rings (SSSR count). The monoisotopic (exact) mass is 575 g/mol. The molecular weight excluding hydrogens is 533 g/mol. The molecule has 0 aliphatic carbocycles. The van der Waals surface area contributed by atoms with Gasteiger partial charge in [0, 0.05) is 18.4 Å². The highest BCUT2D eigenvalue weighted by Gasteiger charge is 2.45. The molecule has 2 aliphatic heterocycles. The second-order valence-corrected chi connectivity index (χ2v) is 11.9. The third kappa shape index (κ3) is 6.19. The third-order valence-corrected chi connectivity index (χ3v) is 8.26. The lowest BCUT2D eigenvalue weighted by molar-refractivity contribution is -0.0169. The van der Waals surface area contributed by atoms with Crippen molar-refractivity contribution in [3.05, 3.63) is 54.0 Å². The molecule has 0 atom stereocenters. The largest absolute Gasteiger partial charge is 0.461 e. The van der Waals surface area contributed by atoms with Crippen molar-refractivity contribution in [1.82, 2.24) is 19.9 Å². The molecule has 0 saturated carbocycles. The lowest BCUT2D eigenvalue weighted by Gasteiger charge is -2.31. The normalized spacial score (nSPS) is 16.4. The van der Waals surface area contributed by atoms with Crippen molar-refractivity contribution in [3.63, 3.8) is 0 Å². The summed E-state index contributed by atoms with van der Waals surface area (Å²) in [4.78, 5) is 15.8. The number of aryl methyl sites for hydroxylation is 1. The van der Waals surface area contributed by atoms with Crippen molar-refractivity contribution >= 4 is 27.5 Å². The number of aromatic nitrogens is 3. The first-order valence-electron chi connectivity index (χ1n) is 15.0. The molecule has 42 heavy (non-hydrogen) atoms. The third-order valence-electron chi connectivity index (χ3n) is 8.26. The van der Waals surface area contributed by atoms with Crippen LogP contribution < -0.4 is 10.5 Å². The minimum atomic E-state index is -0.671. The van der Waals surface area contributed by atoms with Gasteiger partial charge in [0.15, 0.2) is 5.82 Å². The summed E-state index contributed by atoms with van der Waals surface area (Å²) in [6.45, 7) is 11.3. The number of nitrogens with zero attached hydrogens (tertiary/aromatic N) is 4. The van der Waals surface area contributed by atoms with E-state index in [-0.39, 0.29) is 28.6 Å². The fourth-order valence-corrected chi connectivity index (χ4v) is 6.23. The Labute approximate surface area is 247 Å². The molecule has 2 aliphatic rings. The molecular formula is C33H42FN5O3. The number of nitrogen functional groups attached to an aromatic ring is 1. The first-order valence-corrected chi connectivity index (χ1v) is 15.0. The van der Waals surface area contributed by atoms with Crippen LogP contribution >= 0.6 is 0 Å². The second-order valence-electron chi connectivity index (χ2n) is 11.9. The van der Waals surface area contributed by atoms with Crippen LogP contribution in [0.25, 0.3) is 32.9 Å². The van der Waals surface area contributed by atoms with E-state index >= 15 is 4.39 Å². The minimum absolute atomic E-state index is 0.0501. The molecule has 4 aromatic rings. The van der Waals surface area contributed by atoms with Gasteiger partial charge >= 0.3 is 6.01 Å². The average molecular weight is 576 g/mol. The topological polar surface area (TPSA) is 107 Å². The number of rotatable bonds is 8. The summed E-state index contributed by atoms with van der Waals surface area (Å²) in [6.07, 6.45) is 6.99. The van der Waals surface area contributed by atoms with E-state index in [4.69, 9.17) is 20.3 Å². The fraction of sp³-hybridized carbons (Fsp3) is 0.485. The number of nitrogens with two attached hydrogens (primary N) is 1. The molecule has 224 valence electrons. The molecule has 0 unspecified atom stereocenters. The summed E-state index contributed by atoms with van der Waals surface area (Å²) >= 11 is 0.